The van der Waals surface area contributed by atoms with Gasteiger partial charge in [0.1, 0.15) is 0 Å². The van der Waals surface area contributed by atoms with Crippen LogP contribution < -0.4 is 5.32 Å². The Hall–Kier alpha value is -1.59. The van der Waals surface area contributed by atoms with Crippen molar-refractivity contribution in [2.75, 3.05) is 20.2 Å². The minimum Gasteiger partial charge on any atom is -0.469 e. The number of hydrogen-bond donors (Lipinski definition) is 1. The molecule has 1 unspecified atom stereocenters. The van der Waals surface area contributed by atoms with Crippen molar-refractivity contribution in [2.45, 2.75) is 44.7 Å². The summed E-state index contributed by atoms with van der Waals surface area (Å²) >= 11 is 5.96. The van der Waals surface area contributed by atoms with Gasteiger partial charge in [0.25, 0.3) is 0 Å². The molecule has 1 fully saturated rings. The number of ether oxygens (including phenoxy) is 1. The molecule has 1 saturated heterocycles. The van der Waals surface area contributed by atoms with Crippen molar-refractivity contribution < 1.29 is 14.3 Å². The van der Waals surface area contributed by atoms with Crippen molar-refractivity contribution >= 4 is 23.5 Å². The van der Waals surface area contributed by atoms with Gasteiger partial charge in [0, 0.05) is 18.0 Å². The first-order chi connectivity index (χ1) is 11.4. The Labute approximate surface area is 148 Å². The van der Waals surface area contributed by atoms with Gasteiger partial charge in [0.05, 0.1) is 18.7 Å². The highest BCUT2D eigenvalue weighted by Crippen LogP contribution is 2.28. The zero-order valence-electron chi connectivity index (χ0n) is 14.5. The molecular weight excluding hydrogens is 328 g/mol. The van der Waals surface area contributed by atoms with E-state index in [9.17, 15) is 9.59 Å². The fourth-order valence-electron chi connectivity index (χ4n) is 2.89. The quantitative estimate of drug-likeness (QED) is 0.766. The van der Waals surface area contributed by atoms with Crippen LogP contribution in [0.1, 0.15) is 44.7 Å². The summed E-state index contributed by atoms with van der Waals surface area (Å²) in [6.45, 7) is 5.30. The van der Waals surface area contributed by atoms with E-state index in [1.165, 1.54) is 7.11 Å². The first-order valence-electron chi connectivity index (χ1n) is 8.26. The molecule has 1 aromatic rings. The van der Waals surface area contributed by atoms with Crippen LogP contribution in [0.15, 0.2) is 24.3 Å². The average molecular weight is 353 g/mol. The topological polar surface area (TPSA) is 58.6 Å². The monoisotopic (exact) mass is 352 g/mol. The molecule has 2 atom stereocenters. The van der Waals surface area contributed by atoms with Gasteiger partial charge in [-0.2, -0.15) is 0 Å². The Bertz CT molecular complexity index is 584. The van der Waals surface area contributed by atoms with Crippen LogP contribution in [0.3, 0.4) is 0 Å². The highest BCUT2D eigenvalue weighted by atomic mass is 35.5. The second kappa shape index (κ2) is 7.99. The van der Waals surface area contributed by atoms with E-state index >= 15 is 0 Å². The lowest BCUT2D eigenvalue weighted by Crippen LogP contribution is -2.64. The Kier molecular flexibility index (Phi) is 6.24. The van der Waals surface area contributed by atoms with E-state index in [0.29, 0.717) is 24.4 Å². The summed E-state index contributed by atoms with van der Waals surface area (Å²) in [6, 6.07) is 7.43. The molecule has 0 saturated carbocycles. The molecule has 1 heterocycles. The third-order valence-corrected chi connectivity index (χ3v) is 4.95. The van der Waals surface area contributed by atoms with E-state index < -0.39 is 5.54 Å². The summed E-state index contributed by atoms with van der Waals surface area (Å²) in [5.74, 6) is -0.185. The summed E-state index contributed by atoms with van der Waals surface area (Å²) in [6.07, 6.45) is 1.71. The number of nitrogens with one attached hydrogen (secondary N) is 1. The molecule has 24 heavy (non-hydrogen) atoms. The number of methoxy groups -OCH3 is 1. The van der Waals surface area contributed by atoms with Gasteiger partial charge in [-0.05, 0) is 50.9 Å². The summed E-state index contributed by atoms with van der Waals surface area (Å²) in [4.78, 5) is 26.2. The van der Waals surface area contributed by atoms with Gasteiger partial charge in [-0.1, -0.05) is 23.7 Å². The van der Waals surface area contributed by atoms with Crippen LogP contribution in [-0.4, -0.2) is 42.5 Å². The average Bonchev–Trinajstić information content (AvgIpc) is 2.55. The molecule has 2 rings (SSSR count). The third-order valence-electron chi connectivity index (χ3n) is 4.70. The number of amides is 1. The van der Waals surface area contributed by atoms with Crippen LogP contribution in [0.5, 0.6) is 0 Å². The zero-order valence-corrected chi connectivity index (χ0v) is 15.2. The molecule has 0 radical (unpaired) electrons. The molecule has 0 bridgehead atoms. The zero-order chi connectivity index (χ0) is 17.7. The summed E-state index contributed by atoms with van der Waals surface area (Å²) < 4.78 is 4.68. The first-order valence-corrected chi connectivity index (χ1v) is 8.63. The van der Waals surface area contributed by atoms with Gasteiger partial charge in [-0.25, -0.2) is 0 Å². The van der Waals surface area contributed by atoms with Gasteiger partial charge in [0.2, 0.25) is 5.91 Å². The van der Waals surface area contributed by atoms with Crippen molar-refractivity contribution in [1.82, 2.24) is 10.2 Å². The maximum Gasteiger partial charge on any atom is 0.305 e. The van der Waals surface area contributed by atoms with Crippen molar-refractivity contribution in [1.29, 1.82) is 0 Å². The number of esters is 1. The molecule has 0 aromatic heterocycles. The Morgan fingerprint density at radius 2 is 2.00 bits per heavy atom. The number of hydrogen-bond acceptors (Lipinski definition) is 4. The van der Waals surface area contributed by atoms with Crippen molar-refractivity contribution in [3.05, 3.63) is 34.9 Å². The summed E-state index contributed by atoms with van der Waals surface area (Å²) in [7, 11) is 1.38. The van der Waals surface area contributed by atoms with Crippen LogP contribution in [0.4, 0.5) is 0 Å². The van der Waals surface area contributed by atoms with Gasteiger partial charge in [-0.3, -0.25) is 9.59 Å². The lowest BCUT2D eigenvalue weighted by atomic mass is 9.87. The van der Waals surface area contributed by atoms with E-state index in [4.69, 9.17) is 11.6 Å². The Morgan fingerprint density at radius 1 is 1.38 bits per heavy atom. The molecule has 5 nitrogen and oxygen atoms in total. The summed E-state index contributed by atoms with van der Waals surface area (Å²) in [5, 5.41) is 3.89. The van der Waals surface area contributed by atoms with E-state index in [1.807, 2.05) is 43.0 Å². The molecule has 1 aliphatic rings. The normalized spacial score (nSPS) is 20.8. The molecular formula is C18H25ClN2O3. The fraction of sp³-hybridized carbons (Fsp3) is 0.556. The van der Waals surface area contributed by atoms with Crippen molar-refractivity contribution in [3.8, 4) is 0 Å². The molecule has 1 aliphatic heterocycles. The highest BCUT2D eigenvalue weighted by molar-refractivity contribution is 6.30. The van der Waals surface area contributed by atoms with Crippen molar-refractivity contribution in [3.63, 3.8) is 0 Å². The number of carbonyl (C=O) groups is 2. The number of carbonyl (C=O) groups excluding carboxylic acids is 2. The van der Waals surface area contributed by atoms with Crippen molar-refractivity contribution in [2.24, 2.45) is 0 Å². The van der Waals surface area contributed by atoms with Crippen LogP contribution in [-0.2, 0) is 14.3 Å². The maximum absolute atomic E-state index is 13.0. The molecule has 0 spiro atoms. The van der Waals surface area contributed by atoms with Gasteiger partial charge in [0.15, 0.2) is 0 Å². The lowest BCUT2D eigenvalue weighted by molar-refractivity contribution is -0.145. The van der Waals surface area contributed by atoms with E-state index in [2.05, 4.69) is 10.1 Å². The molecule has 6 heteroatoms. The van der Waals surface area contributed by atoms with Gasteiger partial charge < -0.3 is 15.0 Å². The number of rotatable bonds is 7. The Balaban J connectivity index is 2.13. The number of nitrogens with zero attached hydrogens (tertiary/aromatic N) is 1. The van der Waals surface area contributed by atoms with Gasteiger partial charge >= 0.3 is 5.97 Å². The van der Waals surface area contributed by atoms with Crippen LogP contribution in [0.2, 0.25) is 5.02 Å². The van der Waals surface area contributed by atoms with E-state index in [1.54, 1.807) is 0 Å². The molecule has 1 amide bonds. The number of benzene rings is 1. The minimum atomic E-state index is -0.508. The van der Waals surface area contributed by atoms with Crippen LogP contribution >= 0.6 is 11.6 Å². The molecule has 0 aliphatic carbocycles. The first kappa shape index (κ1) is 18.7. The smallest absolute Gasteiger partial charge is 0.305 e. The SMILES string of the molecule is COC(=O)CCCN(C(=O)C1(C)CCN1)[C@@H](C)c1ccc(Cl)cc1. The minimum absolute atomic E-state index is 0.0704. The second-order valence-electron chi connectivity index (χ2n) is 6.41. The standard InChI is InChI=1S/C18H25ClN2O3/c1-13(14-6-8-15(19)9-7-14)21(12-4-5-16(22)24-3)17(23)18(2)10-11-20-18/h6-9,13,20H,4-5,10-12H2,1-3H3/t13-,18?/m0/s1. The largest absolute Gasteiger partial charge is 0.469 e. The van der Waals surface area contributed by atoms with Crippen LogP contribution in [0.25, 0.3) is 0 Å². The lowest BCUT2D eigenvalue weighted by Gasteiger charge is -2.44. The highest BCUT2D eigenvalue weighted by Gasteiger charge is 2.42. The predicted molar refractivity (Wildman–Crippen MR) is 93.9 cm³/mol. The summed E-state index contributed by atoms with van der Waals surface area (Å²) in [5.41, 5.74) is 0.514. The predicted octanol–water partition coefficient (Wildman–Crippen LogP) is 2.93. The molecule has 1 N–H and O–H groups in total. The number of halogens is 1. The van der Waals surface area contributed by atoms with Gasteiger partial charge in [-0.15, -0.1) is 0 Å². The second-order valence-corrected chi connectivity index (χ2v) is 6.85. The van der Waals surface area contributed by atoms with E-state index in [-0.39, 0.29) is 17.9 Å². The van der Waals surface area contributed by atoms with Crippen LogP contribution in [0, 0.1) is 0 Å². The third kappa shape index (κ3) is 4.28. The molecule has 1 aromatic carbocycles. The fourth-order valence-corrected chi connectivity index (χ4v) is 3.01. The Morgan fingerprint density at radius 3 is 2.50 bits per heavy atom. The van der Waals surface area contributed by atoms with E-state index in [0.717, 1.165) is 18.5 Å². The maximum atomic E-state index is 13.0. The molecule has 132 valence electrons.